The van der Waals surface area contributed by atoms with Gasteiger partial charge in [0.2, 0.25) is 5.91 Å². The van der Waals surface area contributed by atoms with Crippen LogP contribution in [0.15, 0.2) is 48.1 Å². The Balaban J connectivity index is 1.77. The lowest BCUT2D eigenvalue weighted by Gasteiger charge is -2.18. The second-order valence-corrected chi connectivity index (χ2v) is 9.54. The summed E-state index contributed by atoms with van der Waals surface area (Å²) in [6.45, 7) is 11.2. The van der Waals surface area contributed by atoms with E-state index in [0.717, 1.165) is 40.0 Å². The van der Waals surface area contributed by atoms with Crippen molar-refractivity contribution in [1.82, 2.24) is 19.2 Å². The fourth-order valence-electron chi connectivity index (χ4n) is 4.95. The van der Waals surface area contributed by atoms with Crippen LogP contribution in [0.5, 0.6) is 0 Å². The zero-order valence-corrected chi connectivity index (χ0v) is 19.2. The zero-order chi connectivity index (χ0) is 22.7. The van der Waals surface area contributed by atoms with Crippen LogP contribution in [0, 0.1) is 5.92 Å². The van der Waals surface area contributed by atoms with Crippen molar-refractivity contribution in [1.29, 1.82) is 0 Å². The number of hydrogen-bond donors (Lipinski definition) is 1. The lowest BCUT2D eigenvalue weighted by atomic mass is 9.86. The minimum Gasteiger partial charge on any atom is -0.356 e. The topological polar surface area (TPSA) is 72.2 Å². The van der Waals surface area contributed by atoms with Crippen LogP contribution in [0.3, 0.4) is 0 Å². The lowest BCUT2D eigenvalue weighted by Crippen LogP contribution is -2.33. The summed E-state index contributed by atoms with van der Waals surface area (Å²) in [7, 11) is 0. The van der Waals surface area contributed by atoms with Gasteiger partial charge in [0.15, 0.2) is 0 Å². The maximum absolute atomic E-state index is 13.5. The molecule has 1 aromatic carbocycles. The Morgan fingerprint density at radius 3 is 2.66 bits per heavy atom. The Labute approximate surface area is 187 Å². The van der Waals surface area contributed by atoms with Gasteiger partial charge in [0.1, 0.15) is 0 Å². The van der Waals surface area contributed by atoms with E-state index in [4.69, 9.17) is 0 Å². The van der Waals surface area contributed by atoms with Crippen molar-refractivity contribution >= 4 is 28.4 Å². The number of imide groups is 1. The summed E-state index contributed by atoms with van der Waals surface area (Å²) < 4.78 is 4.21. The van der Waals surface area contributed by atoms with Gasteiger partial charge in [-0.1, -0.05) is 19.9 Å². The molecule has 5 rings (SSSR count). The average Bonchev–Trinajstić information content (AvgIpc) is 3.40. The quantitative estimate of drug-likeness (QED) is 0.669. The van der Waals surface area contributed by atoms with E-state index in [-0.39, 0.29) is 30.3 Å². The average molecular weight is 432 g/mol. The van der Waals surface area contributed by atoms with E-state index in [2.05, 4.69) is 61.0 Å². The first kappa shape index (κ1) is 20.5. The predicted molar refractivity (Wildman–Crippen MR) is 124 cm³/mol. The Kier molecular flexibility index (Phi) is 4.73. The normalized spacial score (nSPS) is 18.0. The molecule has 2 amide bonds. The molecular formula is C25H29N5O2. The van der Waals surface area contributed by atoms with Crippen LogP contribution in [0.25, 0.3) is 10.9 Å². The summed E-state index contributed by atoms with van der Waals surface area (Å²) in [5, 5.41) is 9.22. The molecule has 0 spiro atoms. The third-order valence-electron chi connectivity index (χ3n) is 6.36. The monoisotopic (exact) mass is 431 g/mol. The first-order chi connectivity index (χ1) is 15.3. The third-order valence-corrected chi connectivity index (χ3v) is 6.36. The molecule has 4 heterocycles. The molecule has 0 radical (unpaired) electrons. The van der Waals surface area contributed by atoms with Crippen molar-refractivity contribution in [2.24, 2.45) is 5.92 Å². The van der Waals surface area contributed by atoms with Crippen molar-refractivity contribution < 1.29 is 9.59 Å². The second-order valence-electron chi connectivity index (χ2n) is 9.54. The van der Waals surface area contributed by atoms with Crippen molar-refractivity contribution in [2.75, 3.05) is 11.9 Å². The highest BCUT2D eigenvalue weighted by Gasteiger charge is 2.42. The van der Waals surface area contributed by atoms with Crippen molar-refractivity contribution in [3.63, 3.8) is 0 Å². The molecule has 7 heteroatoms. The molecule has 166 valence electrons. The van der Waals surface area contributed by atoms with E-state index >= 15 is 0 Å². The van der Waals surface area contributed by atoms with E-state index in [9.17, 15) is 9.59 Å². The Morgan fingerprint density at radius 1 is 1.22 bits per heavy atom. The summed E-state index contributed by atoms with van der Waals surface area (Å²) in [6, 6.07) is 6.45. The molecule has 7 nitrogen and oxygen atoms in total. The number of anilines is 1. The highest BCUT2D eigenvalue weighted by Crippen LogP contribution is 2.46. The lowest BCUT2D eigenvalue weighted by molar-refractivity contribution is -0.139. The molecule has 2 aromatic heterocycles. The molecule has 0 unspecified atom stereocenters. The van der Waals surface area contributed by atoms with Gasteiger partial charge in [-0.05, 0) is 37.5 Å². The molecule has 0 fully saturated rings. The van der Waals surface area contributed by atoms with Gasteiger partial charge in [-0.2, -0.15) is 5.10 Å². The molecule has 32 heavy (non-hydrogen) atoms. The predicted octanol–water partition coefficient (Wildman–Crippen LogP) is 4.27. The van der Waals surface area contributed by atoms with Crippen LogP contribution < -0.4 is 5.32 Å². The van der Waals surface area contributed by atoms with Crippen LogP contribution in [-0.2, 0) is 16.1 Å². The van der Waals surface area contributed by atoms with Crippen molar-refractivity contribution in [3.05, 3.63) is 59.2 Å². The van der Waals surface area contributed by atoms with Crippen molar-refractivity contribution in [2.45, 2.75) is 53.1 Å². The largest absolute Gasteiger partial charge is 0.356 e. The number of amides is 2. The first-order valence-corrected chi connectivity index (χ1v) is 11.2. The van der Waals surface area contributed by atoms with Crippen LogP contribution in [0.2, 0.25) is 0 Å². The van der Waals surface area contributed by atoms with Gasteiger partial charge in [-0.3, -0.25) is 19.2 Å². The highest BCUT2D eigenvalue weighted by atomic mass is 16.2. The third kappa shape index (κ3) is 3.06. The number of aromatic nitrogens is 3. The van der Waals surface area contributed by atoms with Gasteiger partial charge >= 0.3 is 0 Å². The number of carbonyl (C=O) groups excluding carboxylic acids is 2. The van der Waals surface area contributed by atoms with Crippen molar-refractivity contribution in [3.8, 4) is 0 Å². The summed E-state index contributed by atoms with van der Waals surface area (Å²) in [4.78, 5) is 27.0. The zero-order valence-electron chi connectivity index (χ0n) is 19.2. The molecule has 0 aliphatic carbocycles. The number of nitrogens with zero attached hydrogens (tertiary/aromatic N) is 4. The van der Waals surface area contributed by atoms with Gasteiger partial charge < -0.3 is 9.88 Å². The van der Waals surface area contributed by atoms with Gasteiger partial charge in [-0.15, -0.1) is 0 Å². The number of rotatable bonds is 4. The van der Waals surface area contributed by atoms with E-state index < -0.39 is 0 Å². The minimum atomic E-state index is -0.290. The van der Waals surface area contributed by atoms with Crippen LogP contribution in [-0.4, -0.2) is 37.6 Å². The van der Waals surface area contributed by atoms with Gasteiger partial charge in [0.05, 0.1) is 23.8 Å². The Hall–Kier alpha value is -3.35. The maximum Gasteiger partial charge on any atom is 0.259 e. The van der Waals surface area contributed by atoms with E-state index in [1.165, 1.54) is 11.8 Å². The molecule has 2 aliphatic heterocycles. The molecule has 0 saturated carbocycles. The molecule has 3 aromatic rings. The van der Waals surface area contributed by atoms with E-state index in [1.807, 2.05) is 23.1 Å². The van der Waals surface area contributed by atoms with Crippen LogP contribution in [0.4, 0.5) is 5.69 Å². The molecule has 1 N–H and O–H groups in total. The Morgan fingerprint density at radius 2 is 2.00 bits per heavy atom. The smallest absolute Gasteiger partial charge is 0.259 e. The highest BCUT2D eigenvalue weighted by molar-refractivity contribution is 6.11. The van der Waals surface area contributed by atoms with E-state index in [0.29, 0.717) is 11.5 Å². The van der Waals surface area contributed by atoms with Crippen LogP contribution in [0.1, 0.15) is 57.7 Å². The first-order valence-electron chi connectivity index (χ1n) is 11.2. The maximum atomic E-state index is 13.5. The minimum absolute atomic E-state index is 0.215. The number of benzene rings is 1. The van der Waals surface area contributed by atoms with Gasteiger partial charge in [0.25, 0.3) is 5.91 Å². The molecule has 2 aliphatic rings. The summed E-state index contributed by atoms with van der Waals surface area (Å²) in [6.07, 6.45) is 6.08. The van der Waals surface area contributed by atoms with Gasteiger partial charge in [0, 0.05) is 60.2 Å². The van der Waals surface area contributed by atoms with E-state index in [1.54, 1.807) is 0 Å². The number of carbonyl (C=O) groups is 2. The summed E-state index contributed by atoms with van der Waals surface area (Å²) in [5.74, 6) is -0.269. The van der Waals surface area contributed by atoms with Gasteiger partial charge in [-0.25, -0.2) is 0 Å². The molecular weight excluding hydrogens is 402 g/mol. The second kappa shape index (κ2) is 7.36. The molecule has 0 saturated heterocycles. The number of hydrogen-bond acceptors (Lipinski definition) is 4. The Bertz CT molecular complexity index is 1280. The summed E-state index contributed by atoms with van der Waals surface area (Å²) >= 11 is 0. The standard InChI is InChI=1S/C25H29N5O2/c1-14(2)10-28-12-18-22(17-9-26-30(11-17)15(3)4)24-20(13-29(16(5)31)25(24)32)27-19-7-6-8-21(28)23(18)19/h6-9,11-12,14-15,22,27H,10,13H2,1-5H3/t22-/m0/s1. The SMILES string of the molecule is CC(=O)N1CC2=C(C1=O)[C@@H](c1cnn(C(C)C)c1)c1cn(CC(C)C)c3cccc(c13)N2. The fourth-order valence-corrected chi connectivity index (χ4v) is 4.95. The fraction of sp³-hybridized carbons (Fsp3) is 0.400. The number of nitrogens with one attached hydrogen (secondary N) is 1. The summed E-state index contributed by atoms with van der Waals surface area (Å²) in [5.41, 5.74) is 5.61. The van der Waals surface area contributed by atoms with Crippen LogP contribution >= 0.6 is 0 Å². The molecule has 1 atom stereocenters. The molecule has 0 bridgehead atoms.